The Morgan fingerprint density at radius 1 is 1.28 bits per heavy atom. The number of pyridine rings is 1. The van der Waals surface area contributed by atoms with E-state index in [4.69, 9.17) is 4.74 Å². The molecule has 0 aliphatic carbocycles. The summed E-state index contributed by atoms with van der Waals surface area (Å²) in [5.74, 6) is -0.689. The molecule has 0 fully saturated rings. The van der Waals surface area contributed by atoms with Crippen molar-refractivity contribution < 1.29 is 24.1 Å². The predicted octanol–water partition coefficient (Wildman–Crippen LogP) is 2.24. The van der Waals surface area contributed by atoms with Crippen LogP contribution in [0.2, 0.25) is 0 Å². The number of hydrogen-bond donors (Lipinski definition) is 3. The van der Waals surface area contributed by atoms with Crippen LogP contribution in [0.15, 0.2) is 42.6 Å². The standard InChI is InChI=1S/C18H21FN2O4/c1-12-14(7-9-20-17(12)19)16(23)15(22)8-10-21-18(24)25-11-13-5-3-2-4-6-13/h2-7,9,15-16,22-23H,8,10-11H2,1H3,(H,21,24). The molecule has 0 saturated carbocycles. The number of aliphatic hydroxyl groups is 2. The second kappa shape index (κ2) is 9.10. The fourth-order valence-corrected chi connectivity index (χ4v) is 2.31. The fraction of sp³-hybridized carbons (Fsp3) is 0.333. The Bertz CT molecular complexity index is 697. The molecule has 3 N–H and O–H groups in total. The molecule has 0 spiro atoms. The first-order valence-corrected chi connectivity index (χ1v) is 7.90. The van der Waals surface area contributed by atoms with Gasteiger partial charge in [0.15, 0.2) is 0 Å². The summed E-state index contributed by atoms with van der Waals surface area (Å²) in [7, 11) is 0. The molecule has 1 amide bonds. The minimum atomic E-state index is -1.26. The summed E-state index contributed by atoms with van der Waals surface area (Å²) in [6.07, 6.45) is -1.72. The van der Waals surface area contributed by atoms with Gasteiger partial charge in [-0.25, -0.2) is 9.78 Å². The summed E-state index contributed by atoms with van der Waals surface area (Å²) in [5.41, 5.74) is 1.32. The van der Waals surface area contributed by atoms with Crippen molar-refractivity contribution in [3.8, 4) is 0 Å². The Kier molecular flexibility index (Phi) is 6.85. The highest BCUT2D eigenvalue weighted by atomic mass is 19.1. The van der Waals surface area contributed by atoms with Crippen LogP contribution in [0, 0.1) is 12.9 Å². The van der Waals surface area contributed by atoms with Gasteiger partial charge in [0.1, 0.15) is 12.7 Å². The molecule has 1 aromatic carbocycles. The third kappa shape index (κ3) is 5.51. The van der Waals surface area contributed by atoms with Gasteiger partial charge in [0.2, 0.25) is 5.95 Å². The van der Waals surface area contributed by atoms with Gasteiger partial charge in [-0.15, -0.1) is 0 Å². The topological polar surface area (TPSA) is 91.7 Å². The van der Waals surface area contributed by atoms with Crippen molar-refractivity contribution in [2.75, 3.05) is 6.54 Å². The fourth-order valence-electron chi connectivity index (χ4n) is 2.31. The van der Waals surface area contributed by atoms with E-state index >= 15 is 0 Å². The number of amides is 1. The maximum absolute atomic E-state index is 13.4. The zero-order chi connectivity index (χ0) is 18.2. The number of carbonyl (C=O) groups is 1. The van der Waals surface area contributed by atoms with Gasteiger partial charge in [-0.1, -0.05) is 30.3 Å². The molecule has 1 heterocycles. The van der Waals surface area contributed by atoms with E-state index < -0.39 is 24.2 Å². The maximum Gasteiger partial charge on any atom is 0.407 e. The summed E-state index contributed by atoms with van der Waals surface area (Å²) in [4.78, 5) is 15.1. The van der Waals surface area contributed by atoms with E-state index in [0.29, 0.717) is 0 Å². The Morgan fingerprint density at radius 2 is 2.00 bits per heavy atom. The van der Waals surface area contributed by atoms with E-state index in [0.717, 1.165) is 5.56 Å². The van der Waals surface area contributed by atoms with Crippen LogP contribution >= 0.6 is 0 Å². The molecule has 0 aliphatic rings. The van der Waals surface area contributed by atoms with Gasteiger partial charge in [0.05, 0.1) is 6.10 Å². The third-order valence-corrected chi connectivity index (χ3v) is 3.79. The second-order valence-electron chi connectivity index (χ2n) is 5.61. The molecule has 0 radical (unpaired) electrons. The zero-order valence-electron chi connectivity index (χ0n) is 13.9. The van der Waals surface area contributed by atoms with Gasteiger partial charge in [0, 0.05) is 18.3 Å². The molecule has 7 heteroatoms. The molecule has 2 aromatic rings. The molecule has 6 nitrogen and oxygen atoms in total. The minimum Gasteiger partial charge on any atom is -0.445 e. The first kappa shape index (κ1) is 18.8. The van der Waals surface area contributed by atoms with Crippen LogP contribution in [0.5, 0.6) is 0 Å². The molecular weight excluding hydrogens is 327 g/mol. The largest absolute Gasteiger partial charge is 0.445 e. The highest BCUT2D eigenvalue weighted by Crippen LogP contribution is 2.22. The number of carbonyl (C=O) groups excluding carboxylic acids is 1. The lowest BCUT2D eigenvalue weighted by molar-refractivity contribution is 0.0130. The number of hydrogen-bond acceptors (Lipinski definition) is 5. The van der Waals surface area contributed by atoms with Crippen LogP contribution in [0.4, 0.5) is 9.18 Å². The first-order valence-electron chi connectivity index (χ1n) is 7.90. The van der Waals surface area contributed by atoms with Crippen molar-refractivity contribution in [3.63, 3.8) is 0 Å². The zero-order valence-corrected chi connectivity index (χ0v) is 13.9. The van der Waals surface area contributed by atoms with Crippen LogP contribution in [0.25, 0.3) is 0 Å². The van der Waals surface area contributed by atoms with E-state index in [1.807, 2.05) is 30.3 Å². The lowest BCUT2D eigenvalue weighted by atomic mass is 9.99. The lowest BCUT2D eigenvalue weighted by Crippen LogP contribution is -2.30. The van der Waals surface area contributed by atoms with Crippen LogP contribution in [0.1, 0.15) is 29.2 Å². The Morgan fingerprint density at radius 3 is 2.72 bits per heavy atom. The smallest absolute Gasteiger partial charge is 0.407 e. The average molecular weight is 348 g/mol. The number of nitrogens with zero attached hydrogens (tertiary/aromatic N) is 1. The maximum atomic E-state index is 13.4. The van der Waals surface area contributed by atoms with Crippen LogP contribution < -0.4 is 5.32 Å². The molecule has 2 atom stereocenters. The van der Waals surface area contributed by atoms with Gasteiger partial charge in [0.25, 0.3) is 0 Å². The molecule has 1 aromatic heterocycles. The van der Waals surface area contributed by atoms with E-state index in [1.54, 1.807) is 0 Å². The van der Waals surface area contributed by atoms with E-state index in [9.17, 15) is 19.4 Å². The van der Waals surface area contributed by atoms with Crippen molar-refractivity contribution >= 4 is 6.09 Å². The number of aliphatic hydroxyl groups excluding tert-OH is 2. The Labute approximate surface area is 145 Å². The van der Waals surface area contributed by atoms with Crippen molar-refractivity contribution in [1.82, 2.24) is 10.3 Å². The van der Waals surface area contributed by atoms with Crippen molar-refractivity contribution in [3.05, 3.63) is 65.2 Å². The number of aromatic nitrogens is 1. The normalized spacial score (nSPS) is 13.1. The van der Waals surface area contributed by atoms with Gasteiger partial charge in [-0.05, 0) is 30.5 Å². The van der Waals surface area contributed by atoms with Gasteiger partial charge in [-0.3, -0.25) is 0 Å². The van der Waals surface area contributed by atoms with Crippen molar-refractivity contribution in [2.24, 2.45) is 0 Å². The summed E-state index contributed by atoms with van der Waals surface area (Å²) < 4.78 is 18.4. The van der Waals surface area contributed by atoms with Crippen molar-refractivity contribution in [1.29, 1.82) is 0 Å². The molecule has 25 heavy (non-hydrogen) atoms. The lowest BCUT2D eigenvalue weighted by Gasteiger charge is -2.20. The number of rotatable bonds is 7. The molecule has 0 bridgehead atoms. The van der Waals surface area contributed by atoms with Crippen LogP contribution in [-0.4, -0.2) is 33.9 Å². The number of benzene rings is 1. The van der Waals surface area contributed by atoms with Crippen molar-refractivity contribution in [2.45, 2.75) is 32.2 Å². The molecule has 2 unspecified atom stereocenters. The van der Waals surface area contributed by atoms with E-state index in [-0.39, 0.29) is 30.7 Å². The van der Waals surface area contributed by atoms with Gasteiger partial charge in [-0.2, -0.15) is 4.39 Å². The molecule has 0 saturated heterocycles. The monoisotopic (exact) mass is 348 g/mol. The number of ether oxygens (including phenoxy) is 1. The summed E-state index contributed by atoms with van der Waals surface area (Å²) >= 11 is 0. The van der Waals surface area contributed by atoms with Crippen LogP contribution in [0.3, 0.4) is 0 Å². The highest BCUT2D eigenvalue weighted by Gasteiger charge is 2.21. The quantitative estimate of drug-likeness (QED) is 0.668. The van der Waals surface area contributed by atoms with Gasteiger partial charge < -0.3 is 20.3 Å². The van der Waals surface area contributed by atoms with Gasteiger partial charge >= 0.3 is 6.09 Å². The third-order valence-electron chi connectivity index (χ3n) is 3.79. The molecule has 0 aliphatic heterocycles. The number of halogens is 1. The van der Waals surface area contributed by atoms with E-state index in [1.165, 1.54) is 19.2 Å². The highest BCUT2D eigenvalue weighted by molar-refractivity contribution is 5.67. The molecular formula is C18H21FN2O4. The summed E-state index contributed by atoms with van der Waals surface area (Å²) in [5, 5.41) is 22.6. The second-order valence-corrected chi connectivity index (χ2v) is 5.61. The molecule has 2 rings (SSSR count). The SMILES string of the molecule is Cc1c(C(O)C(O)CCNC(=O)OCc2ccccc2)ccnc1F. The summed E-state index contributed by atoms with van der Waals surface area (Å²) in [6.45, 7) is 1.73. The number of nitrogens with one attached hydrogen (secondary N) is 1. The molecule has 134 valence electrons. The first-order chi connectivity index (χ1) is 12.0. The Hall–Kier alpha value is -2.51. The Balaban J connectivity index is 1.75. The van der Waals surface area contributed by atoms with Crippen LogP contribution in [-0.2, 0) is 11.3 Å². The average Bonchev–Trinajstić information content (AvgIpc) is 2.62. The predicted molar refractivity (Wildman–Crippen MR) is 89.1 cm³/mol. The van der Waals surface area contributed by atoms with E-state index in [2.05, 4.69) is 10.3 Å². The number of alkyl carbamates (subject to hydrolysis) is 1. The summed E-state index contributed by atoms with van der Waals surface area (Å²) in [6, 6.07) is 10.7. The minimum absolute atomic E-state index is 0.0883.